The first-order valence-corrected chi connectivity index (χ1v) is 6.48. The van der Waals surface area contributed by atoms with Crippen LogP contribution in [-0.2, 0) is 0 Å². The van der Waals surface area contributed by atoms with Gasteiger partial charge in [-0.1, -0.05) is 12.1 Å². The average molecular weight is 244 g/mol. The molecule has 2 heterocycles. The largest absolute Gasteiger partial charge is 0.197 e. The summed E-state index contributed by atoms with van der Waals surface area (Å²) in [6.07, 6.45) is 0. The van der Waals surface area contributed by atoms with Gasteiger partial charge in [-0.05, 0) is 22.9 Å². The number of nitrogens with zero attached hydrogens (tertiary/aromatic N) is 2. The Morgan fingerprint density at radius 3 is 1.75 bits per heavy atom. The van der Waals surface area contributed by atoms with Crippen molar-refractivity contribution in [2.24, 2.45) is 5.92 Å². The van der Waals surface area contributed by atoms with Gasteiger partial charge in [0.25, 0.3) is 0 Å². The SMILES string of the molecule is N#CC(C#N)C(c1cccs1)c1cccs1. The maximum absolute atomic E-state index is 9.03. The van der Waals surface area contributed by atoms with E-state index in [0.717, 1.165) is 9.75 Å². The molecule has 0 aliphatic carbocycles. The summed E-state index contributed by atoms with van der Waals surface area (Å²) in [5.74, 6) is -0.715. The molecule has 2 aromatic heterocycles. The number of nitriles is 2. The van der Waals surface area contributed by atoms with Crippen molar-refractivity contribution in [2.75, 3.05) is 0 Å². The smallest absolute Gasteiger partial charge is 0.145 e. The van der Waals surface area contributed by atoms with Crippen LogP contribution in [0.1, 0.15) is 15.7 Å². The van der Waals surface area contributed by atoms with Crippen LogP contribution in [0, 0.1) is 28.6 Å². The lowest BCUT2D eigenvalue weighted by Gasteiger charge is -2.13. The van der Waals surface area contributed by atoms with Gasteiger partial charge in [0.2, 0.25) is 0 Å². The van der Waals surface area contributed by atoms with Crippen molar-refractivity contribution in [3.63, 3.8) is 0 Å². The highest BCUT2D eigenvalue weighted by Gasteiger charge is 2.26. The summed E-state index contributed by atoms with van der Waals surface area (Å²) in [7, 11) is 0. The fraction of sp³-hybridized carbons (Fsp3) is 0.167. The lowest BCUT2D eigenvalue weighted by Crippen LogP contribution is -2.08. The lowest BCUT2D eigenvalue weighted by molar-refractivity contribution is 0.734. The molecule has 0 aliphatic rings. The molecule has 0 fully saturated rings. The molecule has 0 amide bonds. The van der Waals surface area contributed by atoms with Crippen LogP contribution in [0.5, 0.6) is 0 Å². The van der Waals surface area contributed by atoms with Gasteiger partial charge >= 0.3 is 0 Å². The first-order valence-electron chi connectivity index (χ1n) is 4.73. The van der Waals surface area contributed by atoms with Gasteiger partial charge in [-0.15, -0.1) is 22.7 Å². The number of hydrogen-bond donors (Lipinski definition) is 0. The Kier molecular flexibility index (Phi) is 3.36. The molecule has 0 saturated heterocycles. The van der Waals surface area contributed by atoms with E-state index in [1.165, 1.54) is 0 Å². The van der Waals surface area contributed by atoms with Crippen LogP contribution in [0.2, 0.25) is 0 Å². The highest BCUT2D eigenvalue weighted by Crippen LogP contribution is 2.36. The molecule has 0 radical (unpaired) electrons. The molecule has 0 atom stereocenters. The molecule has 2 rings (SSSR count). The first-order chi connectivity index (χ1) is 7.86. The molecule has 2 nitrogen and oxygen atoms in total. The van der Waals surface area contributed by atoms with E-state index in [4.69, 9.17) is 10.5 Å². The van der Waals surface area contributed by atoms with E-state index in [-0.39, 0.29) is 5.92 Å². The first kappa shape index (κ1) is 10.9. The Bertz CT molecular complexity index is 466. The van der Waals surface area contributed by atoms with Gasteiger partial charge < -0.3 is 0 Å². The van der Waals surface area contributed by atoms with E-state index >= 15 is 0 Å². The Labute approximate surface area is 102 Å². The summed E-state index contributed by atoms with van der Waals surface area (Å²) in [5, 5.41) is 22.0. The summed E-state index contributed by atoms with van der Waals surface area (Å²) in [4.78, 5) is 2.16. The molecular weight excluding hydrogens is 236 g/mol. The minimum Gasteiger partial charge on any atom is -0.197 e. The average Bonchev–Trinajstić information content (AvgIpc) is 2.98. The van der Waals surface area contributed by atoms with Gasteiger partial charge in [-0.25, -0.2) is 0 Å². The summed E-state index contributed by atoms with van der Waals surface area (Å²) in [5.41, 5.74) is 0. The predicted molar refractivity (Wildman–Crippen MR) is 65.2 cm³/mol. The minimum absolute atomic E-state index is 0.102. The lowest BCUT2D eigenvalue weighted by atomic mass is 9.92. The summed E-state index contributed by atoms with van der Waals surface area (Å²) in [6.45, 7) is 0. The second-order valence-electron chi connectivity index (χ2n) is 3.24. The van der Waals surface area contributed by atoms with Crippen LogP contribution in [0.15, 0.2) is 35.0 Å². The second-order valence-corrected chi connectivity index (χ2v) is 5.20. The standard InChI is InChI=1S/C12H8N2S2/c13-7-9(8-14)12(10-3-1-5-15-10)11-4-2-6-16-11/h1-6,9,12H. The molecule has 2 aromatic rings. The third-order valence-electron chi connectivity index (χ3n) is 2.31. The molecule has 4 heteroatoms. The Morgan fingerprint density at radius 2 is 1.44 bits per heavy atom. The van der Waals surface area contributed by atoms with Gasteiger partial charge in [0, 0.05) is 9.75 Å². The highest BCUT2D eigenvalue weighted by atomic mass is 32.1. The third kappa shape index (κ3) is 1.99. The van der Waals surface area contributed by atoms with Crippen LogP contribution in [-0.4, -0.2) is 0 Å². The van der Waals surface area contributed by atoms with Crippen molar-refractivity contribution in [2.45, 2.75) is 5.92 Å². The molecular formula is C12H8N2S2. The fourth-order valence-electron chi connectivity index (χ4n) is 1.58. The highest BCUT2D eigenvalue weighted by molar-refractivity contribution is 7.11. The van der Waals surface area contributed by atoms with Gasteiger partial charge in [0.15, 0.2) is 0 Å². The van der Waals surface area contributed by atoms with Crippen molar-refractivity contribution in [3.05, 3.63) is 44.8 Å². The van der Waals surface area contributed by atoms with Crippen molar-refractivity contribution in [3.8, 4) is 12.1 Å². The van der Waals surface area contributed by atoms with Crippen LogP contribution >= 0.6 is 22.7 Å². The maximum atomic E-state index is 9.03. The van der Waals surface area contributed by atoms with E-state index in [1.807, 2.05) is 35.0 Å². The molecule has 0 spiro atoms. The van der Waals surface area contributed by atoms with E-state index in [2.05, 4.69) is 12.1 Å². The van der Waals surface area contributed by atoms with Gasteiger partial charge in [-0.3, -0.25) is 0 Å². The van der Waals surface area contributed by atoms with Gasteiger partial charge in [0.05, 0.1) is 18.1 Å². The summed E-state index contributed by atoms with van der Waals surface area (Å²) < 4.78 is 0. The normalized spacial score (nSPS) is 10.2. The van der Waals surface area contributed by atoms with Gasteiger partial charge in [0.1, 0.15) is 5.92 Å². The number of thiophene rings is 2. The summed E-state index contributed by atoms with van der Waals surface area (Å²) in [6, 6.07) is 12.0. The fourth-order valence-corrected chi connectivity index (χ4v) is 3.42. The van der Waals surface area contributed by atoms with Crippen LogP contribution in [0.3, 0.4) is 0 Å². The van der Waals surface area contributed by atoms with E-state index in [9.17, 15) is 0 Å². The van der Waals surface area contributed by atoms with E-state index in [1.54, 1.807) is 22.7 Å². The predicted octanol–water partition coefficient (Wildman–Crippen LogP) is 3.60. The molecule has 0 bridgehead atoms. The zero-order valence-electron chi connectivity index (χ0n) is 8.33. The second kappa shape index (κ2) is 4.94. The molecule has 0 unspecified atom stereocenters. The van der Waals surface area contributed by atoms with Crippen LogP contribution < -0.4 is 0 Å². The Balaban J connectivity index is 2.44. The molecule has 0 aliphatic heterocycles. The van der Waals surface area contributed by atoms with Gasteiger partial charge in [-0.2, -0.15) is 10.5 Å². The summed E-state index contributed by atoms with van der Waals surface area (Å²) >= 11 is 3.19. The monoisotopic (exact) mass is 244 g/mol. The molecule has 0 aromatic carbocycles. The quantitative estimate of drug-likeness (QED) is 0.828. The molecule has 78 valence electrons. The Hall–Kier alpha value is -1.62. The zero-order valence-corrected chi connectivity index (χ0v) is 9.96. The zero-order chi connectivity index (χ0) is 11.4. The van der Waals surface area contributed by atoms with Crippen LogP contribution in [0.25, 0.3) is 0 Å². The van der Waals surface area contributed by atoms with Crippen molar-refractivity contribution in [1.82, 2.24) is 0 Å². The molecule has 16 heavy (non-hydrogen) atoms. The topological polar surface area (TPSA) is 47.6 Å². The maximum Gasteiger partial charge on any atom is 0.145 e. The Morgan fingerprint density at radius 1 is 0.938 bits per heavy atom. The number of rotatable bonds is 3. The van der Waals surface area contributed by atoms with Crippen molar-refractivity contribution < 1.29 is 0 Å². The van der Waals surface area contributed by atoms with E-state index in [0.29, 0.717) is 0 Å². The number of hydrogen-bond acceptors (Lipinski definition) is 4. The molecule has 0 N–H and O–H groups in total. The van der Waals surface area contributed by atoms with E-state index < -0.39 is 5.92 Å². The third-order valence-corrected chi connectivity index (χ3v) is 4.22. The molecule has 0 saturated carbocycles. The van der Waals surface area contributed by atoms with Crippen molar-refractivity contribution in [1.29, 1.82) is 10.5 Å². The van der Waals surface area contributed by atoms with Crippen LogP contribution in [0.4, 0.5) is 0 Å². The van der Waals surface area contributed by atoms with Crippen molar-refractivity contribution >= 4 is 22.7 Å². The minimum atomic E-state index is -0.614.